The Morgan fingerprint density at radius 3 is 2.26 bits per heavy atom. The lowest BCUT2D eigenvalue weighted by atomic mass is 10.1. The van der Waals surface area contributed by atoms with Crippen molar-refractivity contribution in [3.8, 4) is 0 Å². The van der Waals surface area contributed by atoms with Gasteiger partial charge in [-0.1, -0.05) is 65.1 Å². The van der Waals surface area contributed by atoms with Crippen LogP contribution in [-0.2, 0) is 14.8 Å². The summed E-state index contributed by atoms with van der Waals surface area (Å²) in [5, 5.41) is 13.9. The Morgan fingerprint density at radius 2 is 1.60 bits per heavy atom. The first-order chi connectivity index (χ1) is 16.6. The Balaban J connectivity index is 1.75. The average Bonchev–Trinajstić information content (AvgIpc) is 2.84. The smallest absolute Gasteiger partial charge is 0.264 e. The summed E-state index contributed by atoms with van der Waals surface area (Å²) in [4.78, 5) is 12.3. The van der Waals surface area contributed by atoms with Gasteiger partial charge in [0.1, 0.15) is 0 Å². The van der Waals surface area contributed by atoms with Crippen LogP contribution in [0.15, 0.2) is 77.7 Å². The third-order valence-corrected chi connectivity index (χ3v) is 8.13. The molecular formula is C25H25Cl3N2O4S. The molecule has 0 aromatic heterocycles. The molecular weight excluding hydrogens is 531 g/mol. The highest BCUT2D eigenvalue weighted by Crippen LogP contribution is 2.35. The topological polar surface area (TPSA) is 86.7 Å². The zero-order valence-corrected chi connectivity index (χ0v) is 21.9. The van der Waals surface area contributed by atoms with Crippen LogP contribution in [0.1, 0.15) is 31.4 Å². The summed E-state index contributed by atoms with van der Waals surface area (Å²) in [6.07, 6.45) is -0.419. The van der Waals surface area contributed by atoms with Gasteiger partial charge in [-0.25, -0.2) is 8.42 Å². The fourth-order valence-electron chi connectivity index (χ4n) is 3.59. The van der Waals surface area contributed by atoms with Crippen molar-refractivity contribution in [2.75, 3.05) is 10.8 Å². The number of anilines is 1. The Kier molecular flexibility index (Phi) is 9.44. The molecule has 0 unspecified atom stereocenters. The number of benzene rings is 3. The van der Waals surface area contributed by atoms with E-state index in [2.05, 4.69) is 5.32 Å². The molecule has 0 aliphatic carbocycles. The molecule has 0 aliphatic rings. The number of aliphatic hydroxyl groups is 1. The zero-order chi connectivity index (χ0) is 25.6. The summed E-state index contributed by atoms with van der Waals surface area (Å²) in [5.41, 5.74) is 0.749. The second kappa shape index (κ2) is 12.1. The minimum Gasteiger partial charge on any atom is -0.378 e. The molecule has 2 N–H and O–H groups in total. The number of carbonyl (C=O) groups excluding carboxylic acids is 1. The standard InChI is InChI=1S/C25H25Cl3N2O4S/c1-17(6-5-15-29-25(32)24(31)18-7-3-2-4-8-18)30(23-16-20(27)11-14-22(23)28)35(33,34)21-12-9-19(26)10-13-21/h2-4,7-14,16-17,24,31H,5-6,15H2,1H3,(H,29,32)/t17-,24-/m1/s1. The van der Waals surface area contributed by atoms with Crippen LogP contribution < -0.4 is 9.62 Å². The van der Waals surface area contributed by atoms with Gasteiger partial charge in [-0.2, -0.15) is 0 Å². The lowest BCUT2D eigenvalue weighted by Crippen LogP contribution is -2.39. The summed E-state index contributed by atoms with van der Waals surface area (Å²) in [6.45, 7) is 2.01. The Bertz CT molecular complexity index is 1260. The van der Waals surface area contributed by atoms with Crippen molar-refractivity contribution in [2.24, 2.45) is 0 Å². The molecule has 0 bridgehead atoms. The largest absolute Gasteiger partial charge is 0.378 e. The molecule has 1 amide bonds. The highest BCUT2D eigenvalue weighted by Gasteiger charge is 2.31. The van der Waals surface area contributed by atoms with Gasteiger partial charge in [-0.15, -0.1) is 0 Å². The molecule has 10 heteroatoms. The van der Waals surface area contributed by atoms with E-state index in [1.54, 1.807) is 49.4 Å². The zero-order valence-electron chi connectivity index (χ0n) is 18.9. The number of carbonyl (C=O) groups is 1. The lowest BCUT2D eigenvalue weighted by Gasteiger charge is -2.31. The van der Waals surface area contributed by atoms with E-state index in [0.29, 0.717) is 28.5 Å². The van der Waals surface area contributed by atoms with Crippen molar-refractivity contribution in [3.63, 3.8) is 0 Å². The summed E-state index contributed by atoms with van der Waals surface area (Å²) < 4.78 is 28.5. The van der Waals surface area contributed by atoms with Crippen molar-refractivity contribution in [3.05, 3.63) is 93.4 Å². The van der Waals surface area contributed by atoms with E-state index < -0.39 is 28.1 Å². The van der Waals surface area contributed by atoms with Crippen LogP contribution in [0.4, 0.5) is 5.69 Å². The minimum absolute atomic E-state index is 0.0593. The van der Waals surface area contributed by atoms with Crippen LogP contribution in [0.25, 0.3) is 0 Å². The van der Waals surface area contributed by atoms with Crippen LogP contribution in [0.3, 0.4) is 0 Å². The summed E-state index contributed by atoms with van der Waals surface area (Å²) in [5.74, 6) is -0.521. The second-order valence-corrected chi connectivity index (χ2v) is 11.0. The molecule has 6 nitrogen and oxygen atoms in total. The van der Waals surface area contributed by atoms with Gasteiger partial charge in [-0.05, 0) is 67.8 Å². The SMILES string of the molecule is C[C@H](CCCNC(=O)[C@H](O)c1ccccc1)N(c1cc(Cl)ccc1Cl)S(=O)(=O)c1ccc(Cl)cc1. The van der Waals surface area contributed by atoms with Crippen molar-refractivity contribution >= 4 is 56.4 Å². The van der Waals surface area contributed by atoms with E-state index in [0.717, 1.165) is 0 Å². The quantitative estimate of drug-likeness (QED) is 0.307. The van der Waals surface area contributed by atoms with Crippen LogP contribution in [0.2, 0.25) is 15.1 Å². The molecule has 0 radical (unpaired) electrons. The van der Waals surface area contributed by atoms with E-state index in [1.807, 2.05) is 0 Å². The fourth-order valence-corrected chi connectivity index (χ4v) is 5.84. The predicted octanol–water partition coefficient (Wildman–Crippen LogP) is 5.86. The van der Waals surface area contributed by atoms with E-state index in [4.69, 9.17) is 34.8 Å². The molecule has 0 saturated heterocycles. The third-order valence-electron chi connectivity index (χ3n) is 5.38. The highest BCUT2D eigenvalue weighted by molar-refractivity contribution is 7.92. The van der Waals surface area contributed by atoms with Crippen molar-refractivity contribution in [1.82, 2.24) is 5.32 Å². The highest BCUT2D eigenvalue weighted by atomic mass is 35.5. The molecule has 3 aromatic carbocycles. The molecule has 0 fully saturated rings. The van der Waals surface area contributed by atoms with Gasteiger partial charge in [-0.3, -0.25) is 9.10 Å². The number of hydrogen-bond donors (Lipinski definition) is 2. The molecule has 3 aromatic rings. The Labute approximate surface area is 220 Å². The van der Waals surface area contributed by atoms with Gasteiger partial charge < -0.3 is 10.4 Å². The lowest BCUT2D eigenvalue weighted by molar-refractivity contribution is -0.129. The Hall–Kier alpha value is -2.29. The predicted molar refractivity (Wildman–Crippen MR) is 141 cm³/mol. The van der Waals surface area contributed by atoms with E-state index >= 15 is 0 Å². The first-order valence-corrected chi connectivity index (χ1v) is 13.4. The average molecular weight is 556 g/mol. The van der Waals surface area contributed by atoms with E-state index in [-0.39, 0.29) is 22.2 Å². The molecule has 0 saturated carbocycles. The van der Waals surface area contributed by atoms with Crippen LogP contribution >= 0.6 is 34.8 Å². The van der Waals surface area contributed by atoms with Crippen molar-refractivity contribution in [2.45, 2.75) is 36.8 Å². The first kappa shape index (κ1) is 27.3. The molecule has 0 aliphatic heterocycles. The summed E-state index contributed by atoms with van der Waals surface area (Å²) >= 11 is 18.5. The molecule has 0 heterocycles. The van der Waals surface area contributed by atoms with Gasteiger partial charge in [0.05, 0.1) is 15.6 Å². The van der Waals surface area contributed by atoms with Crippen LogP contribution in [-0.4, -0.2) is 32.0 Å². The minimum atomic E-state index is -4.01. The number of halogens is 3. The number of aliphatic hydroxyl groups excluding tert-OH is 1. The normalized spacial score (nSPS) is 13.2. The Morgan fingerprint density at radius 1 is 0.971 bits per heavy atom. The number of hydrogen-bond acceptors (Lipinski definition) is 4. The summed E-state index contributed by atoms with van der Waals surface area (Å²) in [7, 11) is -4.01. The van der Waals surface area contributed by atoms with E-state index in [1.165, 1.54) is 34.6 Å². The molecule has 3 rings (SSSR count). The second-order valence-electron chi connectivity index (χ2n) is 7.95. The monoisotopic (exact) mass is 554 g/mol. The van der Waals surface area contributed by atoms with Gasteiger partial charge in [0.25, 0.3) is 15.9 Å². The van der Waals surface area contributed by atoms with Gasteiger partial charge in [0.15, 0.2) is 6.10 Å². The fraction of sp³-hybridized carbons (Fsp3) is 0.240. The third kappa shape index (κ3) is 6.90. The molecule has 35 heavy (non-hydrogen) atoms. The number of sulfonamides is 1. The summed E-state index contributed by atoms with van der Waals surface area (Å²) in [6, 6.07) is 18.6. The van der Waals surface area contributed by atoms with Gasteiger partial charge in [0.2, 0.25) is 0 Å². The van der Waals surface area contributed by atoms with Crippen LogP contribution in [0.5, 0.6) is 0 Å². The van der Waals surface area contributed by atoms with Crippen molar-refractivity contribution in [1.29, 1.82) is 0 Å². The number of rotatable bonds is 10. The number of nitrogens with one attached hydrogen (secondary N) is 1. The molecule has 2 atom stereocenters. The van der Waals surface area contributed by atoms with Crippen molar-refractivity contribution < 1.29 is 18.3 Å². The molecule has 186 valence electrons. The first-order valence-electron chi connectivity index (χ1n) is 10.9. The van der Waals surface area contributed by atoms with E-state index in [9.17, 15) is 18.3 Å². The molecule has 0 spiro atoms. The van der Waals surface area contributed by atoms with Gasteiger partial charge >= 0.3 is 0 Å². The van der Waals surface area contributed by atoms with Crippen LogP contribution in [0, 0.1) is 0 Å². The maximum absolute atomic E-state index is 13.6. The van der Waals surface area contributed by atoms with Gasteiger partial charge in [0, 0.05) is 22.6 Å². The maximum atomic E-state index is 13.6. The maximum Gasteiger partial charge on any atom is 0.264 e. The number of nitrogens with zero attached hydrogens (tertiary/aromatic N) is 1. The number of amides is 1.